The molecule has 4 aliphatic carbocycles. The Morgan fingerprint density at radius 1 is 1.20 bits per heavy atom. The predicted octanol–water partition coefficient (Wildman–Crippen LogP) is 3.14. The first-order valence-electron chi connectivity index (χ1n) is 10.2. The molecule has 2 bridgehead atoms. The van der Waals surface area contributed by atoms with Crippen LogP contribution in [0.3, 0.4) is 0 Å². The molecule has 3 fully saturated rings. The van der Waals surface area contributed by atoms with E-state index in [0.29, 0.717) is 40.5 Å². The molecule has 1 aliphatic heterocycles. The minimum atomic E-state index is -0.268. The van der Waals surface area contributed by atoms with Crippen LogP contribution in [0.2, 0.25) is 5.02 Å². The van der Waals surface area contributed by atoms with Gasteiger partial charge >= 0.3 is 0 Å². The van der Waals surface area contributed by atoms with E-state index in [9.17, 15) is 9.59 Å². The van der Waals surface area contributed by atoms with Crippen molar-refractivity contribution < 1.29 is 19.1 Å². The molecule has 0 aromatic heterocycles. The number of ether oxygens (including phenoxy) is 2. The maximum atomic E-state index is 13.0. The monoisotopic (exact) mass is 424 g/mol. The Morgan fingerprint density at radius 3 is 2.47 bits per heavy atom. The maximum absolute atomic E-state index is 13.0. The van der Waals surface area contributed by atoms with Gasteiger partial charge in [-0.05, 0) is 54.7 Å². The average Bonchev–Trinajstić information content (AvgIpc) is 3.51. The number of amides is 2. The summed E-state index contributed by atoms with van der Waals surface area (Å²) in [6.45, 7) is 2.31. The first-order chi connectivity index (χ1) is 14.5. The van der Waals surface area contributed by atoms with Crippen LogP contribution in [0.15, 0.2) is 29.4 Å². The zero-order valence-corrected chi connectivity index (χ0v) is 17.2. The highest BCUT2D eigenvalue weighted by atomic mass is 35.5. The van der Waals surface area contributed by atoms with Crippen molar-refractivity contribution in [2.24, 2.45) is 40.6 Å². The van der Waals surface area contributed by atoms with Gasteiger partial charge in [-0.25, -0.2) is 0 Å². The maximum Gasteiger partial charge on any atom is 0.254 e. The number of hydrogen-bond acceptors (Lipinski definition) is 5. The highest BCUT2D eigenvalue weighted by Crippen LogP contribution is 2.65. The number of terminal acetylenes is 1. The zero-order valence-electron chi connectivity index (χ0n) is 16.5. The molecule has 1 aromatic rings. The van der Waals surface area contributed by atoms with Gasteiger partial charge in [0.25, 0.3) is 11.8 Å². The molecule has 1 aromatic carbocycles. The van der Waals surface area contributed by atoms with Gasteiger partial charge in [-0.1, -0.05) is 29.7 Å². The minimum absolute atomic E-state index is 0.0607. The van der Waals surface area contributed by atoms with Gasteiger partial charge in [-0.15, -0.1) is 6.42 Å². The Morgan fingerprint density at radius 2 is 1.87 bits per heavy atom. The Kier molecular flexibility index (Phi) is 4.59. The number of rotatable bonds is 6. The number of carbonyl (C=O) groups excluding carboxylic acids is 2. The van der Waals surface area contributed by atoms with E-state index in [1.807, 2.05) is 6.92 Å². The second-order valence-electron chi connectivity index (χ2n) is 8.14. The molecular formula is C23H21ClN2O4. The van der Waals surface area contributed by atoms with Gasteiger partial charge in [-0.2, -0.15) is 10.1 Å². The molecular weight excluding hydrogens is 404 g/mol. The van der Waals surface area contributed by atoms with E-state index < -0.39 is 0 Å². The van der Waals surface area contributed by atoms with Crippen molar-refractivity contribution in [3.8, 4) is 23.8 Å². The third-order valence-electron chi connectivity index (χ3n) is 6.59. The molecule has 0 N–H and O–H groups in total. The summed E-state index contributed by atoms with van der Waals surface area (Å²) in [5.41, 5.74) is 0.593. The van der Waals surface area contributed by atoms with E-state index in [4.69, 9.17) is 27.5 Å². The Bertz CT molecular complexity index is 991. The molecule has 154 valence electrons. The Balaban J connectivity index is 1.40. The third kappa shape index (κ3) is 2.84. The highest BCUT2D eigenvalue weighted by molar-refractivity contribution is 6.32. The molecule has 7 heteroatoms. The second kappa shape index (κ2) is 7.17. The van der Waals surface area contributed by atoms with E-state index >= 15 is 0 Å². The van der Waals surface area contributed by atoms with Crippen molar-refractivity contribution in [2.75, 3.05) is 13.2 Å². The molecule has 2 amide bonds. The average molecular weight is 425 g/mol. The van der Waals surface area contributed by atoms with Gasteiger partial charge in [0.2, 0.25) is 0 Å². The molecule has 2 saturated carbocycles. The van der Waals surface area contributed by atoms with Crippen molar-refractivity contribution in [3.63, 3.8) is 0 Å². The van der Waals surface area contributed by atoms with Crippen LogP contribution >= 0.6 is 11.6 Å². The summed E-state index contributed by atoms with van der Waals surface area (Å²) in [4.78, 5) is 26.0. The smallest absolute Gasteiger partial charge is 0.254 e. The van der Waals surface area contributed by atoms with Gasteiger partial charge in [0.1, 0.15) is 6.61 Å². The lowest BCUT2D eigenvalue weighted by molar-refractivity contribution is -0.140. The summed E-state index contributed by atoms with van der Waals surface area (Å²) in [6.07, 6.45) is 12.1. The third-order valence-corrected chi connectivity index (χ3v) is 6.87. The first-order valence-corrected chi connectivity index (χ1v) is 10.6. The molecule has 6 rings (SSSR count). The Hall–Kier alpha value is -2.78. The van der Waals surface area contributed by atoms with Crippen LogP contribution in [0.1, 0.15) is 18.9 Å². The van der Waals surface area contributed by atoms with E-state index in [-0.39, 0.29) is 42.1 Å². The van der Waals surface area contributed by atoms with Crippen molar-refractivity contribution in [1.29, 1.82) is 0 Å². The number of carbonyl (C=O) groups is 2. The van der Waals surface area contributed by atoms with Crippen molar-refractivity contribution >= 4 is 29.6 Å². The fraction of sp³-hybridized carbons (Fsp3) is 0.435. The SMILES string of the molecule is C#CCOc1c(Cl)cc(/C=N\N2C(=O)[C@@H]3[C@@H]4C=C[C@H]([C@H]5C[C@H]45)[C@@H]3C2=O)cc1OCC. The first kappa shape index (κ1) is 19.2. The number of imide groups is 1. The topological polar surface area (TPSA) is 68.2 Å². The van der Waals surface area contributed by atoms with E-state index in [0.717, 1.165) is 11.4 Å². The van der Waals surface area contributed by atoms with E-state index in [1.165, 1.54) is 6.21 Å². The minimum Gasteiger partial charge on any atom is -0.490 e. The number of benzene rings is 1. The van der Waals surface area contributed by atoms with Crippen LogP contribution in [0.25, 0.3) is 0 Å². The van der Waals surface area contributed by atoms with Crippen LogP contribution in [-0.4, -0.2) is 36.3 Å². The molecule has 6 nitrogen and oxygen atoms in total. The number of hydrazone groups is 1. The van der Waals surface area contributed by atoms with Gasteiger partial charge in [-0.3, -0.25) is 9.59 Å². The molecule has 1 saturated heterocycles. The van der Waals surface area contributed by atoms with Crippen LogP contribution in [0.5, 0.6) is 11.5 Å². The number of allylic oxidation sites excluding steroid dienone is 2. The van der Waals surface area contributed by atoms with Gasteiger partial charge in [0.15, 0.2) is 11.5 Å². The second-order valence-corrected chi connectivity index (χ2v) is 8.55. The number of hydrogen-bond donors (Lipinski definition) is 0. The van der Waals surface area contributed by atoms with Gasteiger partial charge < -0.3 is 9.47 Å². The largest absolute Gasteiger partial charge is 0.490 e. The molecule has 0 spiro atoms. The van der Waals surface area contributed by atoms with Crippen molar-refractivity contribution in [1.82, 2.24) is 5.01 Å². The van der Waals surface area contributed by atoms with Crippen molar-refractivity contribution in [3.05, 3.63) is 34.9 Å². The summed E-state index contributed by atoms with van der Waals surface area (Å²) in [6, 6.07) is 3.33. The Labute approximate surface area is 179 Å². The quantitative estimate of drug-likeness (QED) is 0.304. The summed E-state index contributed by atoms with van der Waals surface area (Å²) in [5, 5.41) is 5.60. The van der Waals surface area contributed by atoms with Crippen LogP contribution in [0.4, 0.5) is 0 Å². The van der Waals surface area contributed by atoms with Crippen LogP contribution in [0, 0.1) is 47.9 Å². The summed E-state index contributed by atoms with van der Waals surface area (Å²) >= 11 is 6.33. The highest BCUT2D eigenvalue weighted by Gasteiger charge is 2.67. The normalized spacial score (nSPS) is 32.9. The zero-order chi connectivity index (χ0) is 21.0. The molecule has 30 heavy (non-hydrogen) atoms. The molecule has 0 unspecified atom stereocenters. The molecule has 5 aliphatic rings. The van der Waals surface area contributed by atoms with Gasteiger partial charge in [0.05, 0.1) is 29.7 Å². The fourth-order valence-corrected chi connectivity index (χ4v) is 5.63. The van der Waals surface area contributed by atoms with Crippen LogP contribution in [-0.2, 0) is 9.59 Å². The standard InChI is InChI=1S/C23H21ClN2O4/c1-3-7-30-21-17(24)8-12(9-18(21)29-4-2)11-25-26-22(27)19-13-5-6-14(16-10-15(13)16)20(19)23(26)28/h1,5-6,8-9,11,13-16,19-20H,4,7,10H2,2H3/b25-11-/t13-,14-,15-,16-,19-,20+/m1/s1. The van der Waals surface area contributed by atoms with E-state index in [1.54, 1.807) is 12.1 Å². The predicted molar refractivity (Wildman–Crippen MR) is 111 cm³/mol. The number of nitrogens with zero attached hydrogens (tertiary/aromatic N) is 2. The van der Waals surface area contributed by atoms with Gasteiger partial charge in [0, 0.05) is 0 Å². The summed E-state index contributed by atoms with van der Waals surface area (Å²) in [5.74, 6) is 3.71. The summed E-state index contributed by atoms with van der Waals surface area (Å²) < 4.78 is 11.1. The molecule has 6 atom stereocenters. The van der Waals surface area contributed by atoms with E-state index in [2.05, 4.69) is 23.2 Å². The van der Waals surface area contributed by atoms with Crippen molar-refractivity contribution in [2.45, 2.75) is 13.3 Å². The number of halogens is 1. The summed E-state index contributed by atoms with van der Waals surface area (Å²) in [7, 11) is 0. The lowest BCUT2D eigenvalue weighted by atomic mass is 9.63. The lowest BCUT2D eigenvalue weighted by Crippen LogP contribution is -2.40. The van der Waals surface area contributed by atoms with Crippen LogP contribution < -0.4 is 9.47 Å². The molecule has 1 heterocycles. The fourth-order valence-electron chi connectivity index (χ4n) is 5.36. The lowest BCUT2D eigenvalue weighted by Gasteiger charge is -2.37. The molecule has 0 radical (unpaired) electrons.